The highest BCUT2D eigenvalue weighted by Crippen LogP contribution is 2.32. The molecule has 0 amide bonds. The highest BCUT2D eigenvalue weighted by atomic mass is 127. The van der Waals surface area contributed by atoms with Gasteiger partial charge in [-0.15, -0.1) is 0 Å². The van der Waals surface area contributed by atoms with E-state index >= 15 is 0 Å². The third-order valence-corrected chi connectivity index (χ3v) is 18.6. The molecule has 19 nitrogen and oxygen atoms in total. The maximum Gasteiger partial charge on any atom is 0.339 e. The van der Waals surface area contributed by atoms with E-state index in [1.54, 1.807) is 86.6 Å². The lowest BCUT2D eigenvalue weighted by Crippen LogP contribution is -3.00. The van der Waals surface area contributed by atoms with E-state index in [-0.39, 0.29) is 101 Å². The van der Waals surface area contributed by atoms with Gasteiger partial charge in [0.25, 0.3) is 29.1 Å². The van der Waals surface area contributed by atoms with Gasteiger partial charge in [0, 0.05) is 138 Å². The average molecular weight is 1600 g/mol. The van der Waals surface area contributed by atoms with Crippen molar-refractivity contribution in [2.45, 2.75) is 47.9 Å². The van der Waals surface area contributed by atoms with Crippen molar-refractivity contribution in [1.29, 1.82) is 0 Å². The largest absolute Gasteiger partial charge is 1.00 e. The van der Waals surface area contributed by atoms with Crippen LogP contribution in [0.1, 0.15) is 70.7 Å². The van der Waals surface area contributed by atoms with Crippen molar-refractivity contribution in [3.63, 3.8) is 0 Å². The highest BCUT2D eigenvalue weighted by molar-refractivity contribution is 8.13. The predicted molar refractivity (Wildman–Crippen MR) is 376 cm³/mol. The van der Waals surface area contributed by atoms with E-state index in [0.717, 1.165) is 20.3 Å². The zero-order valence-electron chi connectivity index (χ0n) is 59.8. The van der Waals surface area contributed by atoms with Gasteiger partial charge in [-0.2, -0.15) is 0 Å². The van der Waals surface area contributed by atoms with E-state index < -0.39 is 78.0 Å². The second kappa shape index (κ2) is 37.8. The average Bonchev–Trinajstić information content (AvgIpc) is 1.64. The van der Waals surface area contributed by atoms with Crippen molar-refractivity contribution in [3.05, 3.63) is 313 Å². The summed E-state index contributed by atoms with van der Waals surface area (Å²) < 4.78 is 193. The molecule has 29 heteroatoms. The Labute approximate surface area is 619 Å². The number of carbonyl (C=O) groups is 3. The van der Waals surface area contributed by atoms with Gasteiger partial charge in [0.1, 0.15) is 46.5 Å². The number of hydrogen-bond donors (Lipinski definition) is 4. The smallest absolute Gasteiger partial charge is 0.339 e. The molecule has 0 bridgehead atoms. The van der Waals surface area contributed by atoms with Gasteiger partial charge in [-0.1, -0.05) is 74.0 Å². The second-order valence-electron chi connectivity index (χ2n) is 20.7. The molecule has 0 aliphatic carbocycles. The number of nitrogens with one attached hydrogen (secondary N) is 3. The minimum Gasteiger partial charge on any atom is -1.00 e. The minimum atomic E-state index is -4.10. The number of rotatable bonds is 17. The number of aliphatic hydroxyl groups is 1. The molecule has 13 rings (SSSR count). The van der Waals surface area contributed by atoms with Crippen LogP contribution in [0.5, 0.6) is 0 Å². The van der Waals surface area contributed by atoms with Gasteiger partial charge in [0.2, 0.25) is 0 Å². The summed E-state index contributed by atoms with van der Waals surface area (Å²) in [6.07, 6.45) is 10.9. The summed E-state index contributed by atoms with van der Waals surface area (Å²) in [6.45, 7) is 1.30. The first-order chi connectivity index (χ1) is 51.2. The third kappa shape index (κ3) is 21.2. The van der Waals surface area contributed by atoms with Gasteiger partial charge in [0.15, 0.2) is 12.5 Å². The van der Waals surface area contributed by atoms with E-state index in [9.17, 15) is 61.6 Å². The maximum atomic E-state index is 14.3. The lowest BCUT2D eigenvalue weighted by molar-refractivity contribution is -0.0000597. The Balaban J connectivity index is 0.000000186. The molecule has 0 saturated carbocycles. The number of hydrogen-bond acceptors (Lipinski definition) is 14. The number of nitrogens with zero attached hydrogens (tertiary/aromatic N) is 5. The molecule has 0 saturated heterocycles. The van der Waals surface area contributed by atoms with Crippen molar-refractivity contribution >= 4 is 58.3 Å². The standard InChI is InChI=1S/C18H17FN2O2S.C16H11FN2O3S.C13H12FNO2.C11H10FNO.C11H8FNO.C5H4ClNO2S.HI/c1-2-6-14-11-18(16-8-3-4-9-17(16)19)21(13-14)24(22,23)15-7-5-10-20-12-15;17-15-6-2-1-5-14(15)16-8-12(11-20)10-19(16)23(21,22)13-4-3-7-18-9-13;1-2-17-13(16)9-7-12(15-8-9)10-5-3-4-6-11(10)14;2*12-10-4-2-1-3-9(10)11-5-8(7-14)6-13-11;6-10(8,9)5-2-1-3-7-4-5;/h3-5,7-13H,2,6H2,1H3;1-11H;3-8,15H,2H2,1H3;1-6,13-14H,7H2;1-7,13H;1-4H;1H/p-1/i6D2;11D;;7D2;7D;;. The lowest BCUT2D eigenvalue weighted by atomic mass is 10.1. The summed E-state index contributed by atoms with van der Waals surface area (Å²) in [5.74, 6) is -2.71. The molecule has 0 aliphatic heterocycles. The van der Waals surface area contributed by atoms with Crippen LogP contribution < -0.4 is 24.0 Å². The molecular formula is C74H62ClF5IN8O11S3-. The molecule has 8 aromatic heterocycles. The summed E-state index contributed by atoms with van der Waals surface area (Å²) in [5, 5.41) is 9.14. The number of aldehydes is 2. The zero-order valence-corrected chi connectivity index (χ0v) is 59.2. The quantitative estimate of drug-likeness (QED) is 0.0217. The molecule has 0 unspecified atom stereocenters. The van der Waals surface area contributed by atoms with Crippen LogP contribution in [0, 0.1) is 29.1 Å². The van der Waals surface area contributed by atoms with Gasteiger partial charge < -0.3 is 48.8 Å². The van der Waals surface area contributed by atoms with Crippen LogP contribution in [0.2, 0.25) is 0 Å². The summed E-state index contributed by atoms with van der Waals surface area (Å²) in [4.78, 5) is 52.9. The number of pyridine rings is 3. The van der Waals surface area contributed by atoms with Gasteiger partial charge in [-0.05, 0) is 152 Å². The van der Waals surface area contributed by atoms with Crippen molar-refractivity contribution in [2.75, 3.05) is 6.61 Å². The monoisotopic (exact) mass is 1600 g/mol. The van der Waals surface area contributed by atoms with E-state index in [2.05, 4.69) is 29.9 Å². The molecule has 0 radical (unpaired) electrons. The molecule has 0 spiro atoms. The fourth-order valence-electron chi connectivity index (χ4n) is 9.24. The maximum absolute atomic E-state index is 14.3. The van der Waals surface area contributed by atoms with Crippen molar-refractivity contribution in [2.24, 2.45) is 0 Å². The molecule has 4 N–H and O–H groups in total. The normalized spacial score (nSPS) is 11.9. The Hall–Kier alpha value is -10.8. The third-order valence-electron chi connectivity index (χ3n) is 14.0. The highest BCUT2D eigenvalue weighted by Gasteiger charge is 2.25. The fourth-order valence-corrected chi connectivity index (χ4v) is 12.6. The molecule has 5 aromatic carbocycles. The second-order valence-corrected chi connectivity index (χ2v) is 26.9. The fraction of sp³-hybridized carbons (Fsp3) is 0.0811. The number of esters is 1. The summed E-state index contributed by atoms with van der Waals surface area (Å²) in [7, 11) is -6.76. The number of benzene rings is 5. The van der Waals surface area contributed by atoms with Crippen LogP contribution in [0.15, 0.2) is 271 Å². The number of aryl methyl sites for hydroxylation is 1. The van der Waals surface area contributed by atoms with E-state index in [4.69, 9.17) is 28.8 Å². The molecule has 0 fully saturated rings. The Morgan fingerprint density at radius 1 is 0.515 bits per heavy atom. The van der Waals surface area contributed by atoms with Crippen LogP contribution in [-0.4, -0.2) is 93.3 Å². The number of H-pyrrole nitrogens is 3. The first kappa shape index (κ1) is 70.7. The van der Waals surface area contributed by atoms with Crippen molar-refractivity contribution in [1.82, 2.24) is 37.8 Å². The van der Waals surface area contributed by atoms with Crippen LogP contribution in [0.4, 0.5) is 22.0 Å². The SMILES string of the molecule is CCOC(=O)c1c[nH]c(-c2ccccc2F)c1.O=S(=O)(Cl)c1cccnc1.[2H]C(=O)c1c[nH]c(-c2ccccc2F)c1.[2H]C(=O)c1cc(-c2ccccc2F)n(S(=O)(=O)c2cccnc2)c1.[2H]C([2H])(CC)c1cc(-c2ccccc2F)n(S(=O)(=O)c2cccnc2)c1.[2H]C([2H])(O)c1c[nH]c(-c2ccccc2F)c1.[I-]. The number of carbonyl (C=O) groups excluding carboxylic acids is 3. The number of aromatic amines is 3. The van der Waals surface area contributed by atoms with Crippen molar-refractivity contribution in [3.8, 4) is 56.3 Å². The Morgan fingerprint density at radius 3 is 1.29 bits per heavy atom. The van der Waals surface area contributed by atoms with Gasteiger partial charge >= 0.3 is 5.97 Å². The van der Waals surface area contributed by atoms with Crippen LogP contribution in [-0.2, 0) is 46.8 Å². The molecular weight excluding hydrogens is 1530 g/mol. The van der Waals surface area contributed by atoms with Gasteiger partial charge in [-0.25, -0.2) is 59.9 Å². The van der Waals surface area contributed by atoms with Crippen LogP contribution >= 0.6 is 10.7 Å². The van der Waals surface area contributed by atoms with Crippen molar-refractivity contribution < 1.29 is 104 Å². The lowest BCUT2D eigenvalue weighted by Gasteiger charge is -2.10. The molecule has 0 atom stereocenters. The summed E-state index contributed by atoms with van der Waals surface area (Å²) in [5.41, 5.74) is 3.52. The van der Waals surface area contributed by atoms with Gasteiger partial charge in [-0.3, -0.25) is 24.5 Å². The number of aromatic nitrogens is 8. The Bertz CT molecular complexity index is 5650. The van der Waals surface area contributed by atoms with E-state index in [0.29, 0.717) is 45.9 Å². The van der Waals surface area contributed by atoms with E-state index in [1.165, 1.54) is 171 Å². The summed E-state index contributed by atoms with van der Waals surface area (Å²) >= 11 is 0. The van der Waals surface area contributed by atoms with Crippen LogP contribution in [0.25, 0.3) is 56.3 Å². The molecule has 103 heavy (non-hydrogen) atoms. The Kier molecular flexibility index (Phi) is 25.9. The van der Waals surface area contributed by atoms with Gasteiger partial charge in [0.05, 0.1) is 32.9 Å². The molecule has 13 aromatic rings. The number of halogens is 7. The number of ether oxygens (including phenoxy) is 1. The molecule has 8 heterocycles. The van der Waals surface area contributed by atoms with E-state index in [1.807, 2.05) is 0 Å². The molecule has 0 aliphatic rings. The topological polar surface area (TPSA) is 279 Å². The summed E-state index contributed by atoms with van der Waals surface area (Å²) in [6, 6.07) is 45.8. The van der Waals surface area contributed by atoms with Crippen LogP contribution in [0.3, 0.4) is 0 Å². The molecule has 532 valence electrons. The first-order valence-electron chi connectivity index (χ1n) is 33.0. The zero-order chi connectivity index (χ0) is 78.7. The predicted octanol–water partition coefficient (Wildman–Crippen LogP) is 12.6. The minimum absolute atomic E-state index is 0. The Morgan fingerprint density at radius 2 is 0.913 bits per heavy atom. The first-order valence-corrected chi connectivity index (χ1v) is 35.2.